The van der Waals surface area contributed by atoms with E-state index in [-0.39, 0.29) is 11.7 Å². The molecule has 4 nitrogen and oxygen atoms in total. The van der Waals surface area contributed by atoms with Gasteiger partial charge in [0.2, 0.25) is 0 Å². The first-order valence-electron chi connectivity index (χ1n) is 8.75. The fourth-order valence-electron chi connectivity index (χ4n) is 3.54. The Morgan fingerprint density at radius 3 is 2.33 bits per heavy atom. The lowest BCUT2D eigenvalue weighted by Gasteiger charge is -2.19. The van der Waals surface area contributed by atoms with E-state index in [1.54, 1.807) is 31.2 Å². The summed E-state index contributed by atoms with van der Waals surface area (Å²) in [4.78, 5) is 27.2. The molecular weight excluding hydrogens is 338 g/mol. The number of para-hydroxylation sites is 1. The van der Waals surface area contributed by atoms with Gasteiger partial charge in [-0.25, -0.2) is 0 Å². The summed E-state index contributed by atoms with van der Waals surface area (Å²) < 4.78 is 5.36. The summed E-state index contributed by atoms with van der Waals surface area (Å²) in [5, 5.41) is 0. The molecule has 0 N–H and O–H groups in total. The fourth-order valence-corrected chi connectivity index (χ4v) is 3.54. The summed E-state index contributed by atoms with van der Waals surface area (Å²) in [5.41, 5.74) is 4.54. The van der Waals surface area contributed by atoms with Crippen molar-refractivity contribution in [2.45, 2.75) is 6.54 Å². The summed E-state index contributed by atoms with van der Waals surface area (Å²) in [5.74, 6) is 0.590. The standard InChI is InChI=1S/C23H19NO3/c1-24(14-16-7-3-6-10-21(16)27-2)23(26)15-11-12-18-17-8-4-5-9-19(17)22(25)20(18)13-15/h3-13H,14H2,1-2H3. The predicted molar refractivity (Wildman–Crippen MR) is 104 cm³/mol. The van der Waals surface area contributed by atoms with Gasteiger partial charge in [-0.05, 0) is 29.3 Å². The minimum absolute atomic E-state index is 0.0253. The van der Waals surface area contributed by atoms with Gasteiger partial charge in [-0.1, -0.05) is 48.5 Å². The van der Waals surface area contributed by atoms with Crippen molar-refractivity contribution >= 4 is 11.7 Å². The lowest BCUT2D eigenvalue weighted by Crippen LogP contribution is -2.26. The first kappa shape index (κ1) is 17.0. The maximum atomic E-state index is 12.9. The SMILES string of the molecule is COc1ccccc1CN(C)C(=O)c1ccc2c(c1)C(=O)c1ccccc1-2. The van der Waals surface area contributed by atoms with Gasteiger partial charge in [0, 0.05) is 35.8 Å². The fraction of sp³-hybridized carbons (Fsp3) is 0.130. The van der Waals surface area contributed by atoms with Crippen molar-refractivity contribution in [2.75, 3.05) is 14.2 Å². The van der Waals surface area contributed by atoms with Crippen LogP contribution in [-0.2, 0) is 6.54 Å². The van der Waals surface area contributed by atoms with Crippen LogP contribution in [0.4, 0.5) is 0 Å². The maximum Gasteiger partial charge on any atom is 0.253 e. The molecule has 0 radical (unpaired) electrons. The molecule has 0 saturated heterocycles. The van der Waals surface area contributed by atoms with Gasteiger partial charge >= 0.3 is 0 Å². The summed E-state index contributed by atoms with van der Waals surface area (Å²) in [6, 6.07) is 20.5. The Morgan fingerprint density at radius 2 is 1.56 bits per heavy atom. The van der Waals surface area contributed by atoms with E-state index in [0.29, 0.717) is 23.2 Å². The number of methoxy groups -OCH3 is 1. The van der Waals surface area contributed by atoms with E-state index in [4.69, 9.17) is 4.74 Å². The van der Waals surface area contributed by atoms with E-state index in [2.05, 4.69) is 0 Å². The summed E-state index contributed by atoms with van der Waals surface area (Å²) in [6.45, 7) is 0.425. The van der Waals surface area contributed by atoms with Gasteiger partial charge in [0.1, 0.15) is 5.75 Å². The van der Waals surface area contributed by atoms with Crippen LogP contribution < -0.4 is 4.74 Å². The van der Waals surface area contributed by atoms with Gasteiger partial charge in [0.05, 0.1) is 7.11 Å². The lowest BCUT2D eigenvalue weighted by atomic mass is 10.0. The summed E-state index contributed by atoms with van der Waals surface area (Å²) >= 11 is 0. The molecule has 1 amide bonds. The van der Waals surface area contributed by atoms with Crippen LogP contribution in [0.15, 0.2) is 66.7 Å². The van der Waals surface area contributed by atoms with Gasteiger partial charge in [0.15, 0.2) is 5.78 Å². The molecule has 0 fully saturated rings. The van der Waals surface area contributed by atoms with Crippen molar-refractivity contribution in [2.24, 2.45) is 0 Å². The molecule has 0 atom stereocenters. The van der Waals surface area contributed by atoms with Crippen LogP contribution in [0.5, 0.6) is 5.75 Å². The van der Waals surface area contributed by atoms with E-state index in [1.807, 2.05) is 54.6 Å². The van der Waals surface area contributed by atoms with Crippen molar-refractivity contribution in [3.05, 3.63) is 89.0 Å². The van der Waals surface area contributed by atoms with Crippen molar-refractivity contribution in [1.29, 1.82) is 0 Å². The zero-order valence-electron chi connectivity index (χ0n) is 15.2. The third-order valence-corrected chi connectivity index (χ3v) is 4.92. The second-order valence-electron chi connectivity index (χ2n) is 6.61. The number of nitrogens with zero attached hydrogens (tertiary/aromatic N) is 1. The van der Waals surface area contributed by atoms with E-state index < -0.39 is 0 Å². The molecule has 1 aliphatic rings. The van der Waals surface area contributed by atoms with Crippen molar-refractivity contribution in [3.63, 3.8) is 0 Å². The van der Waals surface area contributed by atoms with Crippen molar-refractivity contribution in [1.82, 2.24) is 4.90 Å². The molecule has 3 aromatic carbocycles. The van der Waals surface area contributed by atoms with Crippen LogP contribution in [0.1, 0.15) is 31.8 Å². The highest BCUT2D eigenvalue weighted by atomic mass is 16.5. The normalized spacial score (nSPS) is 11.7. The average Bonchev–Trinajstić information content (AvgIpc) is 3.00. The van der Waals surface area contributed by atoms with E-state index >= 15 is 0 Å². The largest absolute Gasteiger partial charge is 0.496 e. The quantitative estimate of drug-likeness (QED) is 0.550. The molecule has 1 aliphatic carbocycles. The van der Waals surface area contributed by atoms with E-state index in [0.717, 1.165) is 22.4 Å². The minimum Gasteiger partial charge on any atom is -0.496 e. The van der Waals surface area contributed by atoms with Crippen LogP contribution in [-0.4, -0.2) is 30.7 Å². The van der Waals surface area contributed by atoms with Crippen LogP contribution in [0.2, 0.25) is 0 Å². The molecule has 0 unspecified atom stereocenters. The third-order valence-electron chi connectivity index (χ3n) is 4.92. The number of hydrogen-bond acceptors (Lipinski definition) is 3. The zero-order valence-corrected chi connectivity index (χ0v) is 15.2. The Bertz CT molecular complexity index is 1050. The minimum atomic E-state index is -0.132. The third kappa shape index (κ3) is 2.89. The summed E-state index contributed by atoms with van der Waals surface area (Å²) in [6.07, 6.45) is 0. The van der Waals surface area contributed by atoms with E-state index in [9.17, 15) is 9.59 Å². The van der Waals surface area contributed by atoms with Gasteiger partial charge in [-0.2, -0.15) is 0 Å². The van der Waals surface area contributed by atoms with Gasteiger partial charge in [-0.15, -0.1) is 0 Å². The molecule has 0 aliphatic heterocycles. The number of carbonyl (C=O) groups excluding carboxylic acids is 2. The number of fused-ring (bicyclic) bond motifs is 3. The highest BCUT2D eigenvalue weighted by Gasteiger charge is 2.27. The Kier molecular flexibility index (Phi) is 4.24. The van der Waals surface area contributed by atoms with Crippen molar-refractivity contribution < 1.29 is 14.3 Å². The molecule has 0 heterocycles. The number of carbonyl (C=O) groups is 2. The summed E-state index contributed by atoms with van der Waals surface area (Å²) in [7, 11) is 3.36. The number of hydrogen-bond donors (Lipinski definition) is 0. The number of benzene rings is 3. The monoisotopic (exact) mass is 357 g/mol. The number of amides is 1. The van der Waals surface area contributed by atoms with Crippen LogP contribution in [0.25, 0.3) is 11.1 Å². The van der Waals surface area contributed by atoms with Crippen LogP contribution >= 0.6 is 0 Å². The number of rotatable bonds is 4. The molecule has 27 heavy (non-hydrogen) atoms. The highest BCUT2D eigenvalue weighted by molar-refractivity contribution is 6.22. The first-order chi connectivity index (χ1) is 13.1. The van der Waals surface area contributed by atoms with Crippen molar-refractivity contribution in [3.8, 4) is 16.9 Å². The molecule has 0 saturated carbocycles. The molecule has 4 heteroatoms. The first-order valence-corrected chi connectivity index (χ1v) is 8.75. The zero-order chi connectivity index (χ0) is 19.0. The van der Waals surface area contributed by atoms with Crippen LogP contribution in [0, 0.1) is 0 Å². The Morgan fingerprint density at radius 1 is 0.889 bits per heavy atom. The number of ketones is 1. The van der Waals surface area contributed by atoms with Gasteiger partial charge < -0.3 is 9.64 Å². The Labute approximate surface area is 158 Å². The smallest absolute Gasteiger partial charge is 0.253 e. The van der Waals surface area contributed by atoms with Gasteiger partial charge in [0.25, 0.3) is 5.91 Å². The molecule has 0 bridgehead atoms. The van der Waals surface area contributed by atoms with Gasteiger partial charge in [-0.3, -0.25) is 9.59 Å². The topological polar surface area (TPSA) is 46.6 Å². The second-order valence-corrected chi connectivity index (χ2v) is 6.61. The molecule has 0 aromatic heterocycles. The van der Waals surface area contributed by atoms with E-state index in [1.165, 1.54) is 0 Å². The predicted octanol–water partition coefficient (Wildman–Crippen LogP) is 4.18. The second kappa shape index (κ2) is 6.72. The Hall–Kier alpha value is -3.40. The maximum absolute atomic E-state index is 12.9. The molecule has 3 aromatic rings. The molecule has 134 valence electrons. The van der Waals surface area contributed by atoms with Crippen LogP contribution in [0.3, 0.4) is 0 Å². The lowest BCUT2D eigenvalue weighted by molar-refractivity contribution is 0.0784. The molecular formula is C23H19NO3. The number of ether oxygens (including phenoxy) is 1. The highest BCUT2D eigenvalue weighted by Crippen LogP contribution is 2.36. The average molecular weight is 357 g/mol. The molecule has 0 spiro atoms. The molecule has 4 rings (SSSR count). The Balaban J connectivity index is 1.61.